The van der Waals surface area contributed by atoms with Crippen LogP contribution in [0.2, 0.25) is 0 Å². The van der Waals surface area contributed by atoms with Gasteiger partial charge in [0, 0.05) is 25.6 Å². The molecule has 0 bridgehead atoms. The number of carbonyl (C=O) groups excluding carboxylic acids is 2. The molecule has 0 spiro atoms. The zero-order valence-electron chi connectivity index (χ0n) is 10.2. The number of hydrogen-bond donors (Lipinski definition) is 1. The van der Waals surface area contributed by atoms with Gasteiger partial charge in [-0.15, -0.1) is 0 Å². The van der Waals surface area contributed by atoms with Crippen molar-refractivity contribution >= 4 is 11.9 Å². The molecule has 0 aromatic carbocycles. The molecule has 0 aromatic rings. The normalized spacial score (nSPS) is 19.9. The molecule has 5 nitrogen and oxygen atoms in total. The van der Waals surface area contributed by atoms with Crippen LogP contribution in [-0.4, -0.2) is 23.3 Å². The molecule has 0 radical (unpaired) electrons. The number of carbonyl (C=O) groups is 2. The molecule has 0 saturated carbocycles. The number of ether oxygens (including phenoxy) is 2. The summed E-state index contributed by atoms with van der Waals surface area (Å²) in [5, 5.41) is 2.92. The molecular formula is C11H17NO4. The number of cyclic esters (lactones) is 2. The van der Waals surface area contributed by atoms with Crippen molar-refractivity contribution in [1.82, 2.24) is 5.32 Å². The number of nitrogens with one attached hydrogen (secondary N) is 1. The molecular weight excluding hydrogens is 210 g/mol. The molecule has 5 heteroatoms. The predicted molar refractivity (Wildman–Crippen MR) is 57.2 cm³/mol. The van der Waals surface area contributed by atoms with Crippen molar-refractivity contribution in [1.29, 1.82) is 0 Å². The van der Waals surface area contributed by atoms with Gasteiger partial charge in [-0.25, -0.2) is 9.59 Å². The first-order chi connectivity index (χ1) is 7.11. The summed E-state index contributed by atoms with van der Waals surface area (Å²) >= 11 is 0. The van der Waals surface area contributed by atoms with E-state index in [-0.39, 0.29) is 11.1 Å². The average Bonchev–Trinajstić information content (AvgIpc) is 1.96. The standard InChI is InChI=1S/C11H17NO4/c1-10(2,3)12-6-7-8(13)15-11(4,5)16-9(7)14/h6,12H,1-5H3. The molecule has 1 fully saturated rings. The predicted octanol–water partition coefficient (Wildman–Crippen LogP) is 1.09. The first kappa shape index (κ1) is 12.5. The lowest BCUT2D eigenvalue weighted by molar-refractivity contribution is -0.222. The smallest absolute Gasteiger partial charge is 0.350 e. The highest BCUT2D eigenvalue weighted by molar-refractivity contribution is 6.15. The maximum atomic E-state index is 11.5. The Balaban J connectivity index is 2.83. The Labute approximate surface area is 94.8 Å². The minimum Gasteiger partial charge on any atom is -0.419 e. The van der Waals surface area contributed by atoms with E-state index in [9.17, 15) is 9.59 Å². The summed E-state index contributed by atoms with van der Waals surface area (Å²) in [6.07, 6.45) is 1.33. The second-order valence-corrected chi connectivity index (χ2v) is 5.13. The zero-order chi connectivity index (χ0) is 12.6. The van der Waals surface area contributed by atoms with E-state index in [4.69, 9.17) is 9.47 Å². The van der Waals surface area contributed by atoms with Gasteiger partial charge in [0.15, 0.2) is 5.57 Å². The number of rotatable bonds is 1. The number of esters is 2. The third-order valence-electron chi connectivity index (χ3n) is 1.77. The number of hydrogen-bond acceptors (Lipinski definition) is 5. The molecule has 90 valence electrons. The van der Waals surface area contributed by atoms with Crippen LogP contribution in [0, 0.1) is 0 Å². The lowest BCUT2D eigenvalue weighted by Gasteiger charge is -2.30. The maximum absolute atomic E-state index is 11.5. The Morgan fingerprint density at radius 3 is 1.94 bits per heavy atom. The van der Waals surface area contributed by atoms with Gasteiger partial charge >= 0.3 is 11.9 Å². The Hall–Kier alpha value is -1.52. The van der Waals surface area contributed by atoms with Gasteiger partial charge in [-0.2, -0.15) is 0 Å². The quantitative estimate of drug-likeness (QED) is 0.413. The van der Waals surface area contributed by atoms with Gasteiger partial charge in [-0.05, 0) is 20.8 Å². The zero-order valence-corrected chi connectivity index (χ0v) is 10.2. The van der Waals surface area contributed by atoms with Gasteiger partial charge < -0.3 is 14.8 Å². The molecule has 0 aliphatic carbocycles. The second-order valence-electron chi connectivity index (χ2n) is 5.13. The fourth-order valence-electron chi connectivity index (χ4n) is 1.07. The average molecular weight is 227 g/mol. The Kier molecular flexibility index (Phi) is 2.99. The molecule has 1 rings (SSSR count). The minimum atomic E-state index is -1.19. The van der Waals surface area contributed by atoms with Crippen molar-refractivity contribution in [2.24, 2.45) is 0 Å². The molecule has 0 amide bonds. The van der Waals surface area contributed by atoms with Crippen molar-refractivity contribution in [3.05, 3.63) is 11.8 Å². The Bertz CT molecular complexity index is 327. The molecule has 0 unspecified atom stereocenters. The summed E-state index contributed by atoms with van der Waals surface area (Å²) < 4.78 is 9.86. The minimum absolute atomic E-state index is 0.116. The van der Waals surface area contributed by atoms with Crippen molar-refractivity contribution in [3.8, 4) is 0 Å². The van der Waals surface area contributed by atoms with Crippen molar-refractivity contribution in [3.63, 3.8) is 0 Å². The van der Waals surface area contributed by atoms with Crippen LogP contribution in [0.1, 0.15) is 34.6 Å². The highest BCUT2D eigenvalue weighted by Crippen LogP contribution is 2.22. The van der Waals surface area contributed by atoms with Gasteiger partial charge in [0.05, 0.1) is 0 Å². The fourth-order valence-corrected chi connectivity index (χ4v) is 1.07. The van der Waals surface area contributed by atoms with Crippen molar-refractivity contribution in [2.75, 3.05) is 0 Å². The molecule has 0 aromatic heterocycles. The van der Waals surface area contributed by atoms with Crippen molar-refractivity contribution < 1.29 is 19.1 Å². The molecule has 1 N–H and O–H groups in total. The first-order valence-corrected chi connectivity index (χ1v) is 5.05. The van der Waals surface area contributed by atoms with E-state index in [2.05, 4.69) is 5.32 Å². The third kappa shape index (κ3) is 3.25. The Morgan fingerprint density at radius 1 is 1.12 bits per heavy atom. The van der Waals surface area contributed by atoms with E-state index < -0.39 is 17.7 Å². The van der Waals surface area contributed by atoms with E-state index in [1.54, 1.807) is 0 Å². The molecule has 1 aliphatic heterocycles. The molecule has 1 heterocycles. The van der Waals surface area contributed by atoms with Gasteiger partial charge in [0.2, 0.25) is 0 Å². The third-order valence-corrected chi connectivity index (χ3v) is 1.77. The Morgan fingerprint density at radius 2 is 1.56 bits per heavy atom. The monoisotopic (exact) mass is 227 g/mol. The SMILES string of the molecule is CC(C)(C)NC=C1C(=O)OC(C)(C)OC1=O. The van der Waals surface area contributed by atoms with Crippen LogP contribution >= 0.6 is 0 Å². The topological polar surface area (TPSA) is 64.6 Å². The van der Waals surface area contributed by atoms with Crippen LogP contribution in [0.3, 0.4) is 0 Å². The van der Waals surface area contributed by atoms with Gasteiger partial charge in [0.25, 0.3) is 5.79 Å². The fraction of sp³-hybridized carbons (Fsp3) is 0.636. The largest absolute Gasteiger partial charge is 0.419 e. The molecule has 1 aliphatic rings. The van der Waals surface area contributed by atoms with Crippen LogP contribution in [0.5, 0.6) is 0 Å². The summed E-state index contributed by atoms with van der Waals surface area (Å²) in [6, 6.07) is 0. The van der Waals surface area contributed by atoms with Gasteiger partial charge in [-0.3, -0.25) is 0 Å². The second kappa shape index (κ2) is 3.81. The van der Waals surface area contributed by atoms with E-state index in [0.717, 1.165) is 0 Å². The van der Waals surface area contributed by atoms with E-state index in [0.29, 0.717) is 0 Å². The summed E-state index contributed by atoms with van der Waals surface area (Å²) in [4.78, 5) is 23.0. The van der Waals surface area contributed by atoms with Crippen LogP contribution in [-0.2, 0) is 19.1 Å². The van der Waals surface area contributed by atoms with E-state index in [1.807, 2.05) is 20.8 Å². The van der Waals surface area contributed by atoms with Gasteiger partial charge in [-0.1, -0.05) is 0 Å². The van der Waals surface area contributed by atoms with E-state index in [1.165, 1.54) is 20.0 Å². The summed E-state index contributed by atoms with van der Waals surface area (Å²) in [5.74, 6) is -2.52. The molecule has 1 saturated heterocycles. The van der Waals surface area contributed by atoms with Gasteiger partial charge in [0.1, 0.15) is 0 Å². The van der Waals surface area contributed by atoms with Crippen LogP contribution in [0.4, 0.5) is 0 Å². The summed E-state index contributed by atoms with van der Waals surface area (Å²) in [5.41, 5.74) is -0.352. The highest BCUT2D eigenvalue weighted by Gasteiger charge is 2.39. The summed E-state index contributed by atoms with van der Waals surface area (Å²) in [7, 11) is 0. The lowest BCUT2D eigenvalue weighted by Crippen LogP contribution is -2.43. The van der Waals surface area contributed by atoms with E-state index >= 15 is 0 Å². The van der Waals surface area contributed by atoms with Crippen LogP contribution in [0.15, 0.2) is 11.8 Å². The van der Waals surface area contributed by atoms with Crippen molar-refractivity contribution in [2.45, 2.75) is 45.9 Å². The first-order valence-electron chi connectivity index (χ1n) is 5.05. The van der Waals surface area contributed by atoms with Crippen LogP contribution in [0.25, 0.3) is 0 Å². The van der Waals surface area contributed by atoms with Crippen LogP contribution < -0.4 is 5.32 Å². The highest BCUT2D eigenvalue weighted by atomic mass is 16.7. The summed E-state index contributed by atoms with van der Waals surface area (Å²) in [6.45, 7) is 8.75. The molecule has 0 atom stereocenters. The molecule has 16 heavy (non-hydrogen) atoms. The lowest BCUT2D eigenvalue weighted by atomic mass is 10.1. The maximum Gasteiger partial charge on any atom is 0.350 e.